The number of hydrogen-bond acceptors (Lipinski definition) is 2. The number of unbranched alkanes of at least 4 members (excludes halogenated alkanes) is 1. The van der Waals surface area contributed by atoms with Gasteiger partial charge in [0, 0.05) is 26.1 Å². The molecule has 1 fully saturated rings. The average Bonchev–Trinajstić information content (AvgIpc) is 2.57. The summed E-state index contributed by atoms with van der Waals surface area (Å²) in [5.74, 6) is -0.0264. The lowest BCUT2D eigenvalue weighted by molar-refractivity contribution is -0.127. The molecule has 0 N–H and O–H groups in total. The third kappa shape index (κ3) is 2.94. The molecule has 0 radical (unpaired) electrons. The molecule has 0 bridgehead atoms. The van der Waals surface area contributed by atoms with E-state index in [0.29, 0.717) is 19.5 Å². The van der Waals surface area contributed by atoms with E-state index in [4.69, 9.17) is 0 Å². The van der Waals surface area contributed by atoms with Crippen LogP contribution in [0.3, 0.4) is 0 Å². The van der Waals surface area contributed by atoms with Crippen LogP contribution in [0.4, 0.5) is 4.79 Å². The summed E-state index contributed by atoms with van der Waals surface area (Å²) in [4.78, 5) is 26.5. The Morgan fingerprint density at radius 2 is 2.00 bits per heavy atom. The zero-order valence-electron chi connectivity index (χ0n) is 9.66. The molecule has 0 atom stereocenters. The predicted octanol–water partition coefficient (Wildman–Crippen LogP) is 1.85. The van der Waals surface area contributed by atoms with Crippen molar-refractivity contribution in [3.8, 4) is 0 Å². The molecule has 15 heavy (non-hydrogen) atoms. The van der Waals surface area contributed by atoms with E-state index in [0.717, 1.165) is 25.8 Å². The number of amides is 3. The van der Waals surface area contributed by atoms with Gasteiger partial charge in [0.25, 0.3) is 0 Å². The highest BCUT2D eigenvalue weighted by atomic mass is 16.2. The fourth-order valence-electron chi connectivity index (χ4n) is 1.72. The van der Waals surface area contributed by atoms with Crippen LogP contribution in [0.25, 0.3) is 0 Å². The second-order valence-corrected chi connectivity index (χ2v) is 3.92. The second kappa shape index (κ2) is 5.73. The minimum absolute atomic E-state index is 0.0264. The molecule has 0 aromatic heterocycles. The number of imide groups is 1. The summed E-state index contributed by atoms with van der Waals surface area (Å²) in [6.45, 7) is 6.11. The van der Waals surface area contributed by atoms with Gasteiger partial charge in [0.15, 0.2) is 0 Å². The number of carbonyl (C=O) groups excluding carboxylic acids is 2. The Morgan fingerprint density at radius 1 is 1.27 bits per heavy atom. The molecular formula is C11H20N2O2. The molecule has 1 aliphatic rings. The highest BCUT2D eigenvalue weighted by molar-refractivity contribution is 5.95. The van der Waals surface area contributed by atoms with Gasteiger partial charge >= 0.3 is 6.03 Å². The van der Waals surface area contributed by atoms with Gasteiger partial charge in [0.05, 0.1) is 0 Å². The first-order valence-corrected chi connectivity index (χ1v) is 5.80. The summed E-state index contributed by atoms with van der Waals surface area (Å²) in [5.41, 5.74) is 0. The molecule has 3 amide bonds. The summed E-state index contributed by atoms with van der Waals surface area (Å²) in [6.07, 6.45) is 3.37. The second-order valence-electron chi connectivity index (χ2n) is 3.92. The quantitative estimate of drug-likeness (QED) is 0.697. The van der Waals surface area contributed by atoms with Crippen LogP contribution in [0.1, 0.15) is 39.5 Å². The van der Waals surface area contributed by atoms with Gasteiger partial charge in [0.1, 0.15) is 0 Å². The summed E-state index contributed by atoms with van der Waals surface area (Å²) in [5, 5.41) is 0. The van der Waals surface area contributed by atoms with Crippen molar-refractivity contribution in [2.45, 2.75) is 39.5 Å². The zero-order chi connectivity index (χ0) is 11.3. The first kappa shape index (κ1) is 12.0. The number of nitrogens with zero attached hydrogens (tertiary/aromatic N) is 2. The third-order valence-electron chi connectivity index (χ3n) is 2.64. The van der Waals surface area contributed by atoms with E-state index in [-0.39, 0.29) is 11.9 Å². The van der Waals surface area contributed by atoms with Crippen LogP contribution in [0.5, 0.6) is 0 Å². The van der Waals surface area contributed by atoms with Gasteiger partial charge < -0.3 is 4.90 Å². The Bertz CT molecular complexity index is 241. The van der Waals surface area contributed by atoms with Crippen molar-refractivity contribution in [1.29, 1.82) is 0 Å². The average molecular weight is 212 g/mol. The van der Waals surface area contributed by atoms with Crippen molar-refractivity contribution >= 4 is 11.9 Å². The molecule has 0 aliphatic carbocycles. The summed E-state index contributed by atoms with van der Waals surface area (Å²) in [6, 6.07) is -0.0955. The van der Waals surface area contributed by atoms with Crippen LogP contribution in [0.15, 0.2) is 0 Å². The lowest BCUT2D eigenvalue weighted by Gasteiger charge is -2.16. The number of urea groups is 1. The number of hydrogen-bond donors (Lipinski definition) is 0. The van der Waals surface area contributed by atoms with Crippen LogP contribution in [-0.2, 0) is 4.79 Å². The van der Waals surface area contributed by atoms with E-state index < -0.39 is 0 Å². The zero-order valence-corrected chi connectivity index (χ0v) is 9.66. The van der Waals surface area contributed by atoms with Gasteiger partial charge in [-0.2, -0.15) is 0 Å². The fraction of sp³-hybridized carbons (Fsp3) is 0.818. The topological polar surface area (TPSA) is 40.6 Å². The third-order valence-corrected chi connectivity index (χ3v) is 2.64. The summed E-state index contributed by atoms with van der Waals surface area (Å²) in [7, 11) is 0. The smallest absolute Gasteiger partial charge is 0.322 e. The Labute approximate surface area is 91.2 Å². The molecule has 0 aromatic rings. The molecule has 1 saturated heterocycles. The van der Waals surface area contributed by atoms with Gasteiger partial charge in [0.2, 0.25) is 5.91 Å². The summed E-state index contributed by atoms with van der Waals surface area (Å²) < 4.78 is 0. The predicted molar refractivity (Wildman–Crippen MR) is 58.5 cm³/mol. The minimum Gasteiger partial charge on any atom is -0.322 e. The van der Waals surface area contributed by atoms with Crippen molar-refractivity contribution in [1.82, 2.24) is 9.80 Å². The van der Waals surface area contributed by atoms with Crippen molar-refractivity contribution < 1.29 is 9.59 Å². The van der Waals surface area contributed by atoms with E-state index in [9.17, 15) is 9.59 Å². The van der Waals surface area contributed by atoms with Gasteiger partial charge in [-0.3, -0.25) is 9.69 Å². The summed E-state index contributed by atoms with van der Waals surface area (Å²) >= 11 is 0. The normalized spacial score (nSPS) is 16.3. The Hall–Kier alpha value is -1.06. The van der Waals surface area contributed by atoms with Crippen LogP contribution in [0.2, 0.25) is 0 Å². The maximum atomic E-state index is 11.8. The van der Waals surface area contributed by atoms with Gasteiger partial charge in [-0.1, -0.05) is 20.3 Å². The van der Waals surface area contributed by atoms with Gasteiger partial charge in [-0.05, 0) is 12.8 Å². The van der Waals surface area contributed by atoms with E-state index in [1.54, 1.807) is 4.90 Å². The van der Waals surface area contributed by atoms with Crippen molar-refractivity contribution in [2.75, 3.05) is 19.6 Å². The van der Waals surface area contributed by atoms with Crippen LogP contribution in [-0.4, -0.2) is 41.4 Å². The van der Waals surface area contributed by atoms with E-state index in [1.165, 1.54) is 4.90 Å². The van der Waals surface area contributed by atoms with Crippen molar-refractivity contribution in [3.63, 3.8) is 0 Å². The highest BCUT2D eigenvalue weighted by Gasteiger charge is 2.31. The maximum Gasteiger partial charge on any atom is 0.326 e. The molecule has 0 aromatic carbocycles. The van der Waals surface area contributed by atoms with E-state index in [2.05, 4.69) is 6.92 Å². The van der Waals surface area contributed by atoms with Crippen molar-refractivity contribution in [3.05, 3.63) is 0 Å². The highest BCUT2D eigenvalue weighted by Crippen LogP contribution is 2.11. The molecule has 1 heterocycles. The largest absolute Gasteiger partial charge is 0.326 e. The van der Waals surface area contributed by atoms with Crippen LogP contribution < -0.4 is 0 Å². The molecule has 1 aliphatic heterocycles. The molecule has 1 rings (SSSR count). The number of carbonyl (C=O) groups is 2. The Morgan fingerprint density at radius 3 is 2.60 bits per heavy atom. The molecule has 0 unspecified atom stereocenters. The van der Waals surface area contributed by atoms with E-state index >= 15 is 0 Å². The molecule has 0 saturated carbocycles. The van der Waals surface area contributed by atoms with Crippen LogP contribution in [0, 0.1) is 0 Å². The first-order valence-electron chi connectivity index (χ1n) is 5.80. The molecule has 4 nitrogen and oxygen atoms in total. The standard InChI is InChI=1S/C11H20N2O2/c1-3-5-7-12-8-9-13(11(12)15)10(14)6-4-2/h3-9H2,1-2H3. The minimum atomic E-state index is -0.0955. The first-order chi connectivity index (χ1) is 7.20. The Balaban J connectivity index is 2.44. The van der Waals surface area contributed by atoms with E-state index in [1.807, 2.05) is 6.92 Å². The van der Waals surface area contributed by atoms with Crippen molar-refractivity contribution in [2.24, 2.45) is 0 Å². The lowest BCUT2D eigenvalue weighted by atomic mass is 10.3. The Kier molecular flexibility index (Phi) is 4.59. The van der Waals surface area contributed by atoms with Gasteiger partial charge in [-0.25, -0.2) is 4.79 Å². The monoisotopic (exact) mass is 212 g/mol. The molecular weight excluding hydrogens is 192 g/mol. The molecule has 0 spiro atoms. The number of rotatable bonds is 5. The maximum absolute atomic E-state index is 11.8. The molecule has 4 heteroatoms. The molecule has 86 valence electrons. The van der Waals surface area contributed by atoms with Crippen LogP contribution >= 0.6 is 0 Å². The fourth-order valence-corrected chi connectivity index (χ4v) is 1.72. The SMILES string of the molecule is CCCCN1CCN(C(=O)CCC)C1=O. The van der Waals surface area contributed by atoms with Gasteiger partial charge in [-0.15, -0.1) is 0 Å². The lowest BCUT2D eigenvalue weighted by Crippen LogP contribution is -2.36.